The molecule has 12 heavy (non-hydrogen) atoms. The molecule has 3 N–H and O–H groups in total. The summed E-state index contributed by atoms with van der Waals surface area (Å²) in [6.07, 6.45) is 0. The molecular weight excluding hydrogens is 162 g/mol. The maximum Gasteiger partial charge on any atom is 0.163 e. The van der Waals surface area contributed by atoms with E-state index in [0.29, 0.717) is 5.69 Å². The van der Waals surface area contributed by atoms with Gasteiger partial charge in [0.2, 0.25) is 0 Å². The zero-order chi connectivity index (χ0) is 9.30. The third-order valence-electron chi connectivity index (χ3n) is 1.77. The summed E-state index contributed by atoms with van der Waals surface area (Å²) in [4.78, 5) is 0. The fraction of sp³-hybridized carbons (Fsp3) is 0.250. The Morgan fingerprint density at radius 3 is 2.50 bits per heavy atom. The Bertz CT molecular complexity index is 310. The zero-order valence-electron chi connectivity index (χ0n) is 6.91. The maximum atomic E-state index is 12.8. The second kappa shape index (κ2) is 2.97. The highest BCUT2D eigenvalue weighted by molar-refractivity contribution is 5.69. The van der Waals surface area contributed by atoms with Gasteiger partial charge in [-0.15, -0.1) is 0 Å². The summed E-state index contributed by atoms with van der Waals surface area (Å²) in [5.41, 5.74) is 6.29. The Balaban J connectivity index is 3.39. The lowest BCUT2D eigenvalue weighted by Crippen LogP contribution is -2.02. The molecule has 0 fully saturated rings. The second-order valence-corrected chi connectivity index (χ2v) is 2.51. The molecule has 0 heterocycles. The average Bonchev–Trinajstić information content (AvgIpc) is 2.08. The van der Waals surface area contributed by atoms with Gasteiger partial charge in [-0.25, -0.2) is 8.78 Å². The molecule has 0 unspecified atom stereocenters. The lowest BCUT2D eigenvalue weighted by molar-refractivity contribution is 0.504. The van der Waals surface area contributed by atoms with Crippen LogP contribution in [0.25, 0.3) is 0 Å². The van der Waals surface area contributed by atoms with Crippen molar-refractivity contribution in [2.45, 2.75) is 6.92 Å². The van der Waals surface area contributed by atoms with Crippen molar-refractivity contribution in [3.05, 3.63) is 23.3 Å². The van der Waals surface area contributed by atoms with E-state index in [-0.39, 0.29) is 11.3 Å². The first-order valence-electron chi connectivity index (χ1n) is 3.49. The Labute approximate surface area is 69.4 Å². The third-order valence-corrected chi connectivity index (χ3v) is 1.77. The van der Waals surface area contributed by atoms with Gasteiger partial charge in [-0.2, -0.15) is 0 Å². The topological polar surface area (TPSA) is 38.0 Å². The molecule has 0 bridgehead atoms. The quantitative estimate of drug-likeness (QED) is 0.635. The molecule has 0 aromatic heterocycles. The van der Waals surface area contributed by atoms with Crippen LogP contribution in [0, 0.1) is 18.6 Å². The lowest BCUT2D eigenvalue weighted by atomic mass is 10.1. The van der Waals surface area contributed by atoms with E-state index in [1.807, 2.05) is 0 Å². The van der Waals surface area contributed by atoms with E-state index in [1.165, 1.54) is 6.92 Å². The number of nitrogen functional groups attached to an aromatic ring is 1. The minimum atomic E-state index is -0.883. The average molecular weight is 172 g/mol. The number of anilines is 2. The summed E-state index contributed by atoms with van der Waals surface area (Å²) in [7, 11) is 1.60. The number of halogens is 2. The van der Waals surface area contributed by atoms with Gasteiger partial charge >= 0.3 is 0 Å². The Hall–Kier alpha value is -1.32. The van der Waals surface area contributed by atoms with Crippen LogP contribution in [0.5, 0.6) is 0 Å². The van der Waals surface area contributed by atoms with Crippen molar-refractivity contribution in [2.75, 3.05) is 18.1 Å². The molecule has 1 rings (SSSR count). The van der Waals surface area contributed by atoms with Crippen LogP contribution in [0.15, 0.2) is 6.07 Å². The standard InChI is InChI=1S/C8H10F2N2/c1-4-7(10)5(9)3-6(12-2)8(4)11/h3,12H,11H2,1-2H3. The van der Waals surface area contributed by atoms with E-state index >= 15 is 0 Å². The van der Waals surface area contributed by atoms with Crippen LogP contribution in [-0.4, -0.2) is 7.05 Å². The molecule has 4 heteroatoms. The van der Waals surface area contributed by atoms with E-state index in [1.54, 1.807) is 7.05 Å². The molecule has 0 saturated carbocycles. The molecule has 0 aliphatic rings. The molecule has 1 aromatic rings. The van der Waals surface area contributed by atoms with Gasteiger partial charge in [0.25, 0.3) is 0 Å². The fourth-order valence-electron chi connectivity index (χ4n) is 0.974. The van der Waals surface area contributed by atoms with Crippen LogP contribution < -0.4 is 11.1 Å². The molecule has 0 amide bonds. The molecule has 66 valence electrons. The molecule has 0 saturated heterocycles. The van der Waals surface area contributed by atoms with Gasteiger partial charge in [-0.3, -0.25) is 0 Å². The van der Waals surface area contributed by atoms with Gasteiger partial charge in [-0.1, -0.05) is 0 Å². The maximum absolute atomic E-state index is 12.8. The largest absolute Gasteiger partial charge is 0.397 e. The molecule has 0 spiro atoms. The highest BCUT2D eigenvalue weighted by Gasteiger charge is 2.11. The predicted octanol–water partition coefficient (Wildman–Crippen LogP) is 1.90. The highest BCUT2D eigenvalue weighted by atomic mass is 19.2. The summed E-state index contributed by atoms with van der Waals surface area (Å²) in [6.45, 7) is 1.44. The zero-order valence-corrected chi connectivity index (χ0v) is 6.91. The third kappa shape index (κ3) is 1.20. The number of hydrogen-bond donors (Lipinski definition) is 2. The van der Waals surface area contributed by atoms with Crippen molar-refractivity contribution in [1.29, 1.82) is 0 Å². The van der Waals surface area contributed by atoms with Crippen LogP contribution >= 0.6 is 0 Å². The van der Waals surface area contributed by atoms with Crippen molar-refractivity contribution in [2.24, 2.45) is 0 Å². The first-order chi connectivity index (χ1) is 5.57. The van der Waals surface area contributed by atoms with Crippen molar-refractivity contribution in [3.63, 3.8) is 0 Å². The number of nitrogens with two attached hydrogens (primary N) is 1. The minimum absolute atomic E-state index is 0.138. The van der Waals surface area contributed by atoms with E-state index in [4.69, 9.17) is 5.73 Å². The molecule has 2 nitrogen and oxygen atoms in total. The second-order valence-electron chi connectivity index (χ2n) is 2.51. The van der Waals surface area contributed by atoms with Gasteiger partial charge in [-0.05, 0) is 6.92 Å². The van der Waals surface area contributed by atoms with Crippen LogP contribution in [0.3, 0.4) is 0 Å². The lowest BCUT2D eigenvalue weighted by Gasteiger charge is -2.08. The Morgan fingerprint density at radius 1 is 1.42 bits per heavy atom. The number of rotatable bonds is 1. The van der Waals surface area contributed by atoms with Crippen molar-refractivity contribution < 1.29 is 8.78 Å². The van der Waals surface area contributed by atoms with Gasteiger partial charge in [0.1, 0.15) is 0 Å². The molecule has 1 aromatic carbocycles. The summed E-state index contributed by atoms with van der Waals surface area (Å²) in [5, 5.41) is 2.67. The van der Waals surface area contributed by atoms with E-state index in [0.717, 1.165) is 6.07 Å². The van der Waals surface area contributed by atoms with Gasteiger partial charge in [0, 0.05) is 18.7 Å². The molecule has 0 aliphatic heterocycles. The highest BCUT2D eigenvalue weighted by Crippen LogP contribution is 2.26. The van der Waals surface area contributed by atoms with Crippen molar-refractivity contribution in [3.8, 4) is 0 Å². The summed E-state index contributed by atoms with van der Waals surface area (Å²) >= 11 is 0. The van der Waals surface area contributed by atoms with Gasteiger partial charge in [0.15, 0.2) is 11.6 Å². The van der Waals surface area contributed by atoms with Gasteiger partial charge in [0.05, 0.1) is 11.4 Å². The Kier molecular flexibility index (Phi) is 2.17. The molecule has 0 aliphatic carbocycles. The Morgan fingerprint density at radius 2 is 2.00 bits per heavy atom. The first-order valence-corrected chi connectivity index (χ1v) is 3.49. The minimum Gasteiger partial charge on any atom is -0.397 e. The van der Waals surface area contributed by atoms with Crippen LogP contribution in [0.1, 0.15) is 5.56 Å². The smallest absolute Gasteiger partial charge is 0.163 e. The SMILES string of the molecule is CNc1cc(F)c(F)c(C)c1N. The number of benzene rings is 1. The number of hydrogen-bond acceptors (Lipinski definition) is 2. The van der Waals surface area contributed by atoms with Crippen molar-refractivity contribution >= 4 is 11.4 Å². The van der Waals surface area contributed by atoms with Gasteiger partial charge < -0.3 is 11.1 Å². The molecular formula is C8H10F2N2. The van der Waals surface area contributed by atoms with E-state index in [2.05, 4.69) is 5.32 Å². The molecule has 0 radical (unpaired) electrons. The summed E-state index contributed by atoms with van der Waals surface area (Å²) < 4.78 is 25.6. The monoisotopic (exact) mass is 172 g/mol. The van der Waals surface area contributed by atoms with E-state index in [9.17, 15) is 8.78 Å². The van der Waals surface area contributed by atoms with Crippen LogP contribution in [-0.2, 0) is 0 Å². The molecule has 0 atom stereocenters. The van der Waals surface area contributed by atoms with E-state index < -0.39 is 11.6 Å². The number of nitrogens with one attached hydrogen (secondary N) is 1. The summed E-state index contributed by atoms with van der Waals surface area (Å²) in [6, 6.07) is 1.04. The van der Waals surface area contributed by atoms with Crippen LogP contribution in [0.4, 0.5) is 20.2 Å². The first kappa shape index (κ1) is 8.77. The summed E-state index contributed by atoms with van der Waals surface area (Å²) in [5.74, 6) is -1.77. The van der Waals surface area contributed by atoms with Crippen LogP contribution in [0.2, 0.25) is 0 Å². The predicted molar refractivity (Wildman–Crippen MR) is 45.1 cm³/mol. The normalized spacial score (nSPS) is 10.0. The fourth-order valence-corrected chi connectivity index (χ4v) is 0.974. The van der Waals surface area contributed by atoms with Crippen molar-refractivity contribution in [1.82, 2.24) is 0 Å².